The van der Waals surface area contributed by atoms with Crippen molar-refractivity contribution in [2.45, 2.75) is 58.8 Å². The molecule has 1 aliphatic carbocycles. The SMILES string of the molecule is CC(C)C(CCC#N)CCC1CCC1. The molecule has 1 saturated carbocycles. The Labute approximate surface area is 88.5 Å². The lowest BCUT2D eigenvalue weighted by Gasteiger charge is -2.28. The number of rotatable bonds is 6. The Bertz CT molecular complexity index is 186. The molecule has 1 atom stereocenters. The summed E-state index contributed by atoms with van der Waals surface area (Å²) in [4.78, 5) is 0. The van der Waals surface area contributed by atoms with E-state index in [-0.39, 0.29) is 0 Å². The van der Waals surface area contributed by atoms with Crippen LogP contribution in [-0.4, -0.2) is 0 Å². The van der Waals surface area contributed by atoms with Crippen molar-refractivity contribution in [3.8, 4) is 6.07 Å². The molecule has 1 nitrogen and oxygen atoms in total. The second-order valence-corrected chi connectivity index (χ2v) is 5.08. The minimum atomic E-state index is 0.744. The van der Waals surface area contributed by atoms with E-state index in [1.807, 2.05) is 0 Å². The average molecular weight is 193 g/mol. The third-order valence-corrected chi connectivity index (χ3v) is 3.74. The highest BCUT2D eigenvalue weighted by molar-refractivity contribution is 4.76. The van der Waals surface area contributed by atoms with Gasteiger partial charge in [-0.05, 0) is 30.6 Å². The fourth-order valence-corrected chi connectivity index (χ4v) is 2.29. The number of hydrogen-bond acceptors (Lipinski definition) is 1. The topological polar surface area (TPSA) is 23.8 Å². The first-order valence-electron chi connectivity index (χ1n) is 6.11. The lowest BCUT2D eigenvalue weighted by molar-refractivity contribution is 0.242. The van der Waals surface area contributed by atoms with Gasteiger partial charge in [0.1, 0.15) is 0 Å². The molecule has 1 unspecified atom stereocenters. The third kappa shape index (κ3) is 3.70. The molecule has 0 heterocycles. The molecule has 0 amide bonds. The fraction of sp³-hybridized carbons (Fsp3) is 0.923. The normalized spacial score (nSPS) is 19.0. The van der Waals surface area contributed by atoms with Crippen molar-refractivity contribution in [3.05, 3.63) is 0 Å². The Morgan fingerprint density at radius 2 is 2.00 bits per heavy atom. The van der Waals surface area contributed by atoms with Crippen molar-refractivity contribution in [1.29, 1.82) is 5.26 Å². The third-order valence-electron chi connectivity index (χ3n) is 3.74. The van der Waals surface area contributed by atoms with Gasteiger partial charge in [-0.15, -0.1) is 0 Å². The van der Waals surface area contributed by atoms with E-state index in [0.29, 0.717) is 0 Å². The zero-order chi connectivity index (χ0) is 10.4. The predicted molar refractivity (Wildman–Crippen MR) is 59.8 cm³/mol. The second kappa shape index (κ2) is 6.06. The van der Waals surface area contributed by atoms with Gasteiger partial charge in [0.15, 0.2) is 0 Å². The predicted octanol–water partition coefficient (Wildman–Crippen LogP) is 4.14. The molecule has 0 saturated heterocycles. The maximum Gasteiger partial charge on any atom is 0.0621 e. The highest BCUT2D eigenvalue weighted by Crippen LogP contribution is 2.33. The molecule has 0 spiro atoms. The highest BCUT2D eigenvalue weighted by Gasteiger charge is 2.20. The second-order valence-electron chi connectivity index (χ2n) is 5.08. The number of hydrogen-bond donors (Lipinski definition) is 0. The summed E-state index contributed by atoms with van der Waals surface area (Å²) in [6.45, 7) is 4.59. The van der Waals surface area contributed by atoms with E-state index < -0.39 is 0 Å². The van der Waals surface area contributed by atoms with E-state index >= 15 is 0 Å². The van der Waals surface area contributed by atoms with Gasteiger partial charge in [-0.1, -0.05) is 39.5 Å². The van der Waals surface area contributed by atoms with Gasteiger partial charge in [0, 0.05) is 6.42 Å². The van der Waals surface area contributed by atoms with Gasteiger partial charge in [0.25, 0.3) is 0 Å². The van der Waals surface area contributed by atoms with Crippen LogP contribution < -0.4 is 0 Å². The molecule has 1 aliphatic rings. The van der Waals surface area contributed by atoms with Gasteiger partial charge in [-0.3, -0.25) is 0 Å². The Balaban J connectivity index is 2.16. The smallest absolute Gasteiger partial charge is 0.0621 e. The van der Waals surface area contributed by atoms with Crippen molar-refractivity contribution >= 4 is 0 Å². The summed E-state index contributed by atoms with van der Waals surface area (Å²) in [6.07, 6.45) is 8.99. The van der Waals surface area contributed by atoms with Crippen LogP contribution in [0.4, 0.5) is 0 Å². The van der Waals surface area contributed by atoms with Crippen LogP contribution in [0, 0.1) is 29.1 Å². The summed E-state index contributed by atoms with van der Waals surface area (Å²) in [5.74, 6) is 2.57. The van der Waals surface area contributed by atoms with Crippen molar-refractivity contribution in [3.63, 3.8) is 0 Å². The summed E-state index contributed by atoms with van der Waals surface area (Å²) >= 11 is 0. The molecule has 0 aromatic heterocycles. The van der Waals surface area contributed by atoms with Gasteiger partial charge >= 0.3 is 0 Å². The largest absolute Gasteiger partial charge is 0.198 e. The quantitative estimate of drug-likeness (QED) is 0.622. The van der Waals surface area contributed by atoms with Gasteiger partial charge in [-0.2, -0.15) is 5.26 Å². The molecule has 0 radical (unpaired) electrons. The molecule has 0 N–H and O–H groups in total. The van der Waals surface area contributed by atoms with Crippen LogP contribution in [-0.2, 0) is 0 Å². The molecule has 1 fully saturated rings. The van der Waals surface area contributed by atoms with Gasteiger partial charge in [0.05, 0.1) is 6.07 Å². The van der Waals surface area contributed by atoms with Crippen molar-refractivity contribution in [2.75, 3.05) is 0 Å². The molecular formula is C13H23N. The standard InChI is InChI=1S/C13H23N/c1-11(2)13(7-4-10-14)9-8-12-5-3-6-12/h11-13H,3-9H2,1-2H3. The Kier molecular flexibility index (Phi) is 5.01. The zero-order valence-corrected chi connectivity index (χ0v) is 9.63. The maximum atomic E-state index is 8.58. The Hall–Kier alpha value is -0.510. The Morgan fingerprint density at radius 1 is 1.29 bits per heavy atom. The van der Waals surface area contributed by atoms with E-state index in [9.17, 15) is 0 Å². The maximum absolute atomic E-state index is 8.58. The first-order valence-corrected chi connectivity index (χ1v) is 6.11. The van der Waals surface area contributed by atoms with Crippen LogP contribution in [0.15, 0.2) is 0 Å². The van der Waals surface area contributed by atoms with Crippen molar-refractivity contribution in [1.82, 2.24) is 0 Å². The lowest BCUT2D eigenvalue weighted by atomic mass is 9.78. The minimum absolute atomic E-state index is 0.744. The van der Waals surface area contributed by atoms with E-state index in [1.54, 1.807) is 0 Å². The molecule has 1 rings (SSSR count). The van der Waals surface area contributed by atoms with Crippen LogP contribution in [0.5, 0.6) is 0 Å². The van der Waals surface area contributed by atoms with Crippen molar-refractivity contribution < 1.29 is 0 Å². The first-order chi connectivity index (χ1) is 6.74. The monoisotopic (exact) mass is 193 g/mol. The highest BCUT2D eigenvalue weighted by atomic mass is 14.3. The molecule has 80 valence electrons. The number of nitrogens with zero attached hydrogens (tertiary/aromatic N) is 1. The summed E-state index contributed by atoms with van der Waals surface area (Å²) < 4.78 is 0. The summed E-state index contributed by atoms with van der Waals surface area (Å²) in [5.41, 5.74) is 0. The van der Waals surface area contributed by atoms with Gasteiger partial charge in [0.2, 0.25) is 0 Å². The Morgan fingerprint density at radius 3 is 2.43 bits per heavy atom. The van der Waals surface area contributed by atoms with Crippen LogP contribution in [0.3, 0.4) is 0 Å². The van der Waals surface area contributed by atoms with Gasteiger partial charge in [-0.25, -0.2) is 0 Å². The van der Waals surface area contributed by atoms with Crippen molar-refractivity contribution in [2.24, 2.45) is 17.8 Å². The van der Waals surface area contributed by atoms with E-state index in [4.69, 9.17) is 5.26 Å². The molecule has 0 aromatic rings. The molecule has 1 heteroatoms. The van der Waals surface area contributed by atoms with Crippen LogP contribution >= 0.6 is 0 Å². The van der Waals surface area contributed by atoms with Gasteiger partial charge < -0.3 is 0 Å². The fourth-order valence-electron chi connectivity index (χ4n) is 2.29. The minimum Gasteiger partial charge on any atom is -0.198 e. The van der Waals surface area contributed by atoms with Crippen LogP contribution in [0.2, 0.25) is 0 Å². The van der Waals surface area contributed by atoms with E-state index in [2.05, 4.69) is 19.9 Å². The molecule has 14 heavy (non-hydrogen) atoms. The molecule has 0 aliphatic heterocycles. The average Bonchev–Trinajstić information content (AvgIpc) is 2.07. The number of nitriles is 1. The zero-order valence-electron chi connectivity index (χ0n) is 9.63. The summed E-state index contributed by atoms with van der Waals surface area (Å²) in [6, 6.07) is 2.27. The molecule has 0 bridgehead atoms. The van der Waals surface area contributed by atoms with Crippen LogP contribution in [0.25, 0.3) is 0 Å². The lowest BCUT2D eigenvalue weighted by Crippen LogP contribution is -2.15. The van der Waals surface area contributed by atoms with E-state index in [1.165, 1.54) is 32.1 Å². The molecule has 0 aromatic carbocycles. The summed E-state index contributed by atoms with van der Waals surface area (Å²) in [7, 11) is 0. The van der Waals surface area contributed by atoms with Crippen LogP contribution in [0.1, 0.15) is 58.8 Å². The summed E-state index contributed by atoms with van der Waals surface area (Å²) in [5, 5.41) is 8.58. The van der Waals surface area contributed by atoms with E-state index in [0.717, 1.165) is 30.6 Å². The first kappa shape index (κ1) is 11.6. The molecular weight excluding hydrogens is 170 g/mol.